The Kier molecular flexibility index (Phi) is 2.98. The van der Waals surface area contributed by atoms with E-state index in [4.69, 9.17) is 0 Å². The van der Waals surface area contributed by atoms with Crippen molar-refractivity contribution in [3.05, 3.63) is 0 Å². The molecule has 0 heterocycles. The summed E-state index contributed by atoms with van der Waals surface area (Å²) in [5.41, 5.74) is 0. The van der Waals surface area contributed by atoms with Crippen LogP contribution in [0.1, 0.15) is 6.42 Å². The molecule has 0 saturated carbocycles. The summed E-state index contributed by atoms with van der Waals surface area (Å²) in [5, 5.41) is 9.35. The number of hydrogen-bond donors (Lipinski definition) is 0. The van der Waals surface area contributed by atoms with Gasteiger partial charge in [0.05, 0.1) is 13.1 Å². The van der Waals surface area contributed by atoms with E-state index in [1.54, 1.807) is 0 Å². The van der Waals surface area contributed by atoms with Gasteiger partial charge in [-0.1, -0.05) is 0 Å². The summed E-state index contributed by atoms with van der Waals surface area (Å²) in [5.74, 6) is 0. The smallest absolute Gasteiger partial charge is 0.341 e. The molecule has 0 N–H and O–H groups in total. The third kappa shape index (κ3) is 3.99. The summed E-state index contributed by atoms with van der Waals surface area (Å²) in [7, 11) is 0. The predicted molar refractivity (Wildman–Crippen MR) is 22.0 cm³/mol. The molecule has 0 aromatic heterocycles. The molecule has 10 heavy (non-hydrogen) atoms. The second-order valence-electron chi connectivity index (χ2n) is 1.43. The second kappa shape index (κ2) is 3.28. The third-order valence-electron chi connectivity index (χ3n) is 0.618. The van der Waals surface area contributed by atoms with Gasteiger partial charge in [-0.25, -0.2) is 0 Å². The molecule has 0 aliphatic rings. The molecule has 0 unspecified atom stereocenters. The van der Waals surface area contributed by atoms with Gasteiger partial charge in [0.1, 0.15) is 0 Å². The Balaban J connectivity index is 3.74. The van der Waals surface area contributed by atoms with E-state index in [0.29, 0.717) is 0 Å². The van der Waals surface area contributed by atoms with Crippen LogP contribution in [-0.4, -0.2) is 18.9 Å². The first-order valence-electron chi connectivity index (χ1n) is 2.32. The van der Waals surface area contributed by atoms with E-state index in [9.17, 15) is 23.1 Å². The van der Waals surface area contributed by atoms with E-state index in [1.807, 2.05) is 0 Å². The molecule has 0 saturated heterocycles. The first-order chi connectivity index (χ1) is 4.48. The summed E-state index contributed by atoms with van der Waals surface area (Å²) in [6.45, 7) is -1.35. The summed E-state index contributed by atoms with van der Waals surface area (Å²) >= 11 is 0. The van der Waals surface area contributed by atoms with Gasteiger partial charge in [0.15, 0.2) is 0 Å². The van der Waals surface area contributed by atoms with E-state index < -0.39 is 25.4 Å². The molecular formula is C4H4F3O3-. The number of halogens is 3. The lowest BCUT2D eigenvalue weighted by Gasteiger charge is -2.19. The minimum atomic E-state index is -3.96. The summed E-state index contributed by atoms with van der Waals surface area (Å²) in [4.78, 5) is 9.35. The van der Waals surface area contributed by atoms with Crippen molar-refractivity contribution in [1.29, 1.82) is 0 Å². The lowest BCUT2D eigenvalue weighted by atomic mass is 10.4. The summed E-state index contributed by atoms with van der Waals surface area (Å²) in [6, 6.07) is 0. The standard InChI is InChI=1S/C4H5F3O3/c5-2-1-4(6,7)10-3(8)9/h1-2H2,(H,8,9)/p-1. The van der Waals surface area contributed by atoms with Crippen LogP contribution in [0, 0.1) is 0 Å². The van der Waals surface area contributed by atoms with E-state index in [0.717, 1.165) is 0 Å². The largest absolute Gasteiger partial charge is 0.490 e. The van der Waals surface area contributed by atoms with Crippen LogP contribution >= 0.6 is 0 Å². The van der Waals surface area contributed by atoms with Gasteiger partial charge in [-0.2, -0.15) is 8.78 Å². The van der Waals surface area contributed by atoms with Crippen molar-refractivity contribution >= 4 is 6.16 Å². The lowest BCUT2D eigenvalue weighted by molar-refractivity contribution is -0.328. The fourth-order valence-electron chi connectivity index (χ4n) is 0.283. The minimum Gasteiger partial charge on any atom is -0.490 e. The number of carboxylic acid groups (broad SMARTS) is 1. The highest BCUT2D eigenvalue weighted by Crippen LogP contribution is 2.19. The first-order valence-corrected chi connectivity index (χ1v) is 2.32. The van der Waals surface area contributed by atoms with E-state index in [2.05, 4.69) is 4.74 Å². The van der Waals surface area contributed by atoms with Crippen molar-refractivity contribution in [3.8, 4) is 0 Å². The molecule has 3 nitrogen and oxygen atoms in total. The van der Waals surface area contributed by atoms with Gasteiger partial charge in [0.25, 0.3) is 6.16 Å². The Labute approximate surface area is 54.4 Å². The van der Waals surface area contributed by atoms with E-state index in [-0.39, 0.29) is 0 Å². The van der Waals surface area contributed by atoms with E-state index >= 15 is 0 Å². The molecule has 0 fully saturated rings. The normalized spacial score (nSPS) is 11.1. The van der Waals surface area contributed by atoms with Crippen molar-refractivity contribution in [1.82, 2.24) is 0 Å². The zero-order valence-electron chi connectivity index (χ0n) is 4.77. The minimum absolute atomic E-state index is 1.28. The molecular weight excluding hydrogens is 153 g/mol. The Hall–Kier alpha value is -0.940. The van der Waals surface area contributed by atoms with Crippen molar-refractivity contribution in [2.45, 2.75) is 12.5 Å². The summed E-state index contributed by atoms with van der Waals surface area (Å²) in [6.07, 6.45) is -7.60. The van der Waals surface area contributed by atoms with Crippen LogP contribution in [0.25, 0.3) is 0 Å². The molecule has 0 aliphatic carbocycles. The third-order valence-corrected chi connectivity index (χ3v) is 0.618. The topological polar surface area (TPSA) is 49.4 Å². The van der Waals surface area contributed by atoms with Gasteiger partial charge in [-0.3, -0.25) is 4.39 Å². The molecule has 0 atom stereocenters. The quantitative estimate of drug-likeness (QED) is 0.553. The average molecular weight is 157 g/mol. The average Bonchev–Trinajstić information content (AvgIpc) is 1.59. The molecule has 0 aromatic carbocycles. The number of carbonyl (C=O) groups is 1. The molecule has 0 amide bonds. The van der Waals surface area contributed by atoms with Crippen LogP contribution in [0.2, 0.25) is 0 Å². The van der Waals surface area contributed by atoms with Crippen LogP contribution in [0.3, 0.4) is 0 Å². The summed E-state index contributed by atoms with van der Waals surface area (Å²) < 4.78 is 37.7. The number of ether oxygens (including phenoxy) is 1. The van der Waals surface area contributed by atoms with Crippen LogP contribution in [0.4, 0.5) is 18.0 Å². The molecule has 0 rings (SSSR count). The van der Waals surface area contributed by atoms with Gasteiger partial charge >= 0.3 is 6.11 Å². The number of alkyl halides is 3. The van der Waals surface area contributed by atoms with Crippen molar-refractivity contribution in [2.75, 3.05) is 6.67 Å². The fraction of sp³-hybridized carbons (Fsp3) is 0.750. The highest BCUT2D eigenvalue weighted by Gasteiger charge is 2.26. The van der Waals surface area contributed by atoms with Gasteiger partial charge in [0, 0.05) is 0 Å². The van der Waals surface area contributed by atoms with Gasteiger partial charge in [-0.05, 0) is 0 Å². The van der Waals surface area contributed by atoms with Gasteiger partial charge in [-0.15, -0.1) is 0 Å². The molecule has 0 aliphatic heterocycles. The first kappa shape index (κ1) is 9.06. The van der Waals surface area contributed by atoms with Crippen LogP contribution < -0.4 is 5.11 Å². The van der Waals surface area contributed by atoms with Crippen LogP contribution in [0.5, 0.6) is 0 Å². The fourth-order valence-corrected chi connectivity index (χ4v) is 0.283. The maximum absolute atomic E-state index is 11.8. The maximum Gasteiger partial charge on any atom is 0.341 e. The number of hydrogen-bond acceptors (Lipinski definition) is 3. The van der Waals surface area contributed by atoms with E-state index in [1.165, 1.54) is 0 Å². The molecule has 0 aromatic rings. The molecule has 0 spiro atoms. The Bertz CT molecular complexity index is 125. The monoisotopic (exact) mass is 157 g/mol. The van der Waals surface area contributed by atoms with Gasteiger partial charge < -0.3 is 14.6 Å². The zero-order valence-corrected chi connectivity index (χ0v) is 4.77. The number of rotatable bonds is 3. The van der Waals surface area contributed by atoms with Crippen LogP contribution in [-0.2, 0) is 4.74 Å². The molecule has 0 radical (unpaired) electrons. The van der Waals surface area contributed by atoms with Crippen molar-refractivity contribution in [3.63, 3.8) is 0 Å². The van der Waals surface area contributed by atoms with Crippen molar-refractivity contribution in [2.24, 2.45) is 0 Å². The Morgan fingerprint density at radius 1 is 1.60 bits per heavy atom. The Morgan fingerprint density at radius 3 is 2.40 bits per heavy atom. The molecule has 60 valence electrons. The number of carbonyl (C=O) groups excluding carboxylic acids is 1. The maximum atomic E-state index is 11.8. The molecule has 6 heteroatoms. The second-order valence-corrected chi connectivity index (χ2v) is 1.43. The Morgan fingerprint density at radius 2 is 2.10 bits per heavy atom. The van der Waals surface area contributed by atoms with Crippen molar-refractivity contribution < 1.29 is 27.8 Å². The highest BCUT2D eigenvalue weighted by atomic mass is 19.3. The highest BCUT2D eigenvalue weighted by molar-refractivity contribution is 5.54. The SMILES string of the molecule is O=C([O-])OC(F)(F)CCF. The molecule has 0 bridgehead atoms. The zero-order chi connectivity index (χ0) is 8.20. The lowest BCUT2D eigenvalue weighted by Crippen LogP contribution is -2.33. The predicted octanol–water partition coefficient (Wildman–Crippen LogP) is 0.299. The van der Waals surface area contributed by atoms with Gasteiger partial charge in [0.2, 0.25) is 0 Å². The van der Waals surface area contributed by atoms with Crippen LogP contribution in [0.15, 0.2) is 0 Å².